The van der Waals surface area contributed by atoms with Gasteiger partial charge in [0.2, 0.25) is 0 Å². The molecule has 0 aliphatic carbocycles. The van der Waals surface area contributed by atoms with Crippen LogP contribution >= 0.6 is 11.8 Å². The monoisotopic (exact) mass is 284 g/mol. The van der Waals surface area contributed by atoms with Crippen molar-refractivity contribution in [2.24, 2.45) is 0 Å². The minimum absolute atomic E-state index is 0.0674. The van der Waals surface area contributed by atoms with Gasteiger partial charge in [0.15, 0.2) is 5.12 Å². The summed E-state index contributed by atoms with van der Waals surface area (Å²) < 4.78 is 0. The van der Waals surface area contributed by atoms with Crippen LogP contribution in [0.1, 0.15) is 24.2 Å². The van der Waals surface area contributed by atoms with Crippen LogP contribution in [0.25, 0.3) is 0 Å². The van der Waals surface area contributed by atoms with Crippen LogP contribution in [0.2, 0.25) is 0 Å². The Bertz CT molecular complexity index is 460. The van der Waals surface area contributed by atoms with Crippen molar-refractivity contribution in [2.45, 2.75) is 25.6 Å². The minimum atomic E-state index is -1.21. The maximum absolute atomic E-state index is 10.8. The molecule has 0 aromatic heterocycles. The number of carbonyl (C=O) groups is 2. The first-order valence-electron chi connectivity index (χ1n) is 5.71. The van der Waals surface area contributed by atoms with Crippen molar-refractivity contribution in [3.63, 3.8) is 0 Å². The van der Waals surface area contributed by atoms with Crippen molar-refractivity contribution in [1.82, 2.24) is 0 Å². The molecule has 0 heterocycles. The average Bonchev–Trinajstić information content (AvgIpc) is 2.35. The Kier molecular flexibility index (Phi) is 6.01. The number of aliphatic carboxylic acids is 1. The van der Waals surface area contributed by atoms with E-state index in [0.29, 0.717) is 11.1 Å². The summed E-state index contributed by atoms with van der Waals surface area (Å²) in [6, 6.07) is 6.50. The highest BCUT2D eigenvalue weighted by Crippen LogP contribution is 2.23. The van der Waals surface area contributed by atoms with Crippen molar-refractivity contribution in [2.75, 3.05) is 5.75 Å². The molecule has 1 rings (SSSR count). The van der Waals surface area contributed by atoms with E-state index in [9.17, 15) is 19.8 Å². The van der Waals surface area contributed by atoms with E-state index in [1.165, 1.54) is 6.92 Å². The van der Waals surface area contributed by atoms with E-state index in [1.54, 1.807) is 24.3 Å². The number of carboxylic acid groups (broad SMARTS) is 1. The van der Waals surface area contributed by atoms with Gasteiger partial charge < -0.3 is 15.3 Å². The summed E-state index contributed by atoms with van der Waals surface area (Å²) in [6.07, 6.45) is -2.55. The second kappa shape index (κ2) is 7.28. The summed E-state index contributed by atoms with van der Waals surface area (Å²) in [4.78, 5) is 21.5. The van der Waals surface area contributed by atoms with Gasteiger partial charge in [0.1, 0.15) is 6.10 Å². The third kappa shape index (κ3) is 5.02. The molecule has 0 saturated heterocycles. The lowest BCUT2D eigenvalue weighted by molar-refractivity contribution is -0.136. The van der Waals surface area contributed by atoms with Crippen molar-refractivity contribution >= 4 is 22.8 Å². The molecule has 104 valence electrons. The summed E-state index contributed by atoms with van der Waals surface area (Å²) in [7, 11) is 0. The Labute approximate surface area is 115 Å². The zero-order valence-corrected chi connectivity index (χ0v) is 11.3. The van der Waals surface area contributed by atoms with Gasteiger partial charge in [0.05, 0.1) is 12.5 Å². The molecule has 2 unspecified atom stereocenters. The SMILES string of the molecule is CC(=O)SCC(O)C(O)c1ccccc1CC(=O)O. The lowest BCUT2D eigenvalue weighted by atomic mass is 9.97. The van der Waals surface area contributed by atoms with Gasteiger partial charge in [0.25, 0.3) is 0 Å². The van der Waals surface area contributed by atoms with Crippen molar-refractivity contribution in [3.05, 3.63) is 35.4 Å². The standard InChI is InChI=1S/C13H16O5S/c1-8(14)19-7-11(15)13(18)10-5-3-2-4-9(10)6-12(16)17/h2-5,11,13,15,18H,6-7H2,1H3,(H,16,17). The number of thioether (sulfide) groups is 1. The van der Waals surface area contributed by atoms with E-state index in [1.807, 2.05) is 0 Å². The van der Waals surface area contributed by atoms with Crippen LogP contribution in [0.3, 0.4) is 0 Å². The van der Waals surface area contributed by atoms with E-state index in [2.05, 4.69) is 0 Å². The first kappa shape index (κ1) is 15.7. The van der Waals surface area contributed by atoms with Crippen LogP contribution in [0.4, 0.5) is 0 Å². The summed E-state index contributed by atoms with van der Waals surface area (Å²) >= 11 is 0.917. The smallest absolute Gasteiger partial charge is 0.307 e. The Hall–Kier alpha value is -1.37. The van der Waals surface area contributed by atoms with Gasteiger partial charge in [-0.15, -0.1) is 0 Å². The van der Waals surface area contributed by atoms with Crippen molar-refractivity contribution in [1.29, 1.82) is 0 Å². The number of rotatable bonds is 6. The van der Waals surface area contributed by atoms with Crippen LogP contribution < -0.4 is 0 Å². The third-order valence-corrected chi connectivity index (χ3v) is 3.45. The predicted molar refractivity (Wildman–Crippen MR) is 71.9 cm³/mol. The van der Waals surface area contributed by atoms with Crippen molar-refractivity contribution in [3.8, 4) is 0 Å². The highest BCUT2D eigenvalue weighted by Gasteiger charge is 2.22. The van der Waals surface area contributed by atoms with Crippen LogP contribution in [0, 0.1) is 0 Å². The zero-order valence-electron chi connectivity index (χ0n) is 10.4. The Morgan fingerprint density at radius 1 is 1.26 bits per heavy atom. The lowest BCUT2D eigenvalue weighted by Gasteiger charge is -2.19. The Balaban J connectivity index is 2.83. The molecule has 0 spiro atoms. The largest absolute Gasteiger partial charge is 0.481 e. The molecule has 0 aliphatic rings. The topological polar surface area (TPSA) is 94.8 Å². The summed E-state index contributed by atoms with van der Waals surface area (Å²) in [6.45, 7) is 1.38. The van der Waals surface area contributed by atoms with Crippen LogP contribution in [0.15, 0.2) is 24.3 Å². The fourth-order valence-electron chi connectivity index (χ4n) is 1.65. The number of aliphatic hydroxyl groups excluding tert-OH is 2. The van der Waals surface area contributed by atoms with Gasteiger partial charge >= 0.3 is 5.97 Å². The van der Waals surface area contributed by atoms with Gasteiger partial charge in [0, 0.05) is 12.7 Å². The Morgan fingerprint density at radius 2 is 1.89 bits per heavy atom. The van der Waals surface area contributed by atoms with E-state index < -0.39 is 18.2 Å². The molecule has 0 amide bonds. The van der Waals surface area contributed by atoms with Gasteiger partial charge in [-0.3, -0.25) is 9.59 Å². The molecule has 1 aromatic carbocycles. The molecule has 2 atom stereocenters. The summed E-state index contributed by atoms with van der Waals surface area (Å²) in [5, 5.41) is 28.5. The highest BCUT2D eigenvalue weighted by atomic mass is 32.2. The van der Waals surface area contributed by atoms with E-state index in [4.69, 9.17) is 5.11 Å². The highest BCUT2D eigenvalue weighted by molar-refractivity contribution is 8.13. The maximum atomic E-state index is 10.8. The molecular formula is C13H16O5S. The average molecular weight is 284 g/mol. The normalized spacial score (nSPS) is 13.8. The first-order valence-corrected chi connectivity index (χ1v) is 6.69. The summed E-state index contributed by atoms with van der Waals surface area (Å²) in [5.41, 5.74) is 0.830. The predicted octanol–water partition coefficient (Wildman–Crippen LogP) is 0.988. The number of hydrogen-bond donors (Lipinski definition) is 3. The van der Waals surface area contributed by atoms with Gasteiger partial charge in [-0.1, -0.05) is 36.0 Å². The number of carbonyl (C=O) groups excluding carboxylic acids is 1. The molecule has 3 N–H and O–H groups in total. The van der Waals surface area contributed by atoms with Crippen LogP contribution in [-0.4, -0.2) is 38.3 Å². The molecule has 0 saturated carbocycles. The minimum Gasteiger partial charge on any atom is -0.481 e. The number of carboxylic acids is 1. The van der Waals surface area contributed by atoms with E-state index in [-0.39, 0.29) is 17.3 Å². The zero-order chi connectivity index (χ0) is 14.4. The quantitative estimate of drug-likeness (QED) is 0.721. The molecule has 0 bridgehead atoms. The second-order valence-corrected chi connectivity index (χ2v) is 5.28. The molecule has 0 fully saturated rings. The van der Waals surface area contributed by atoms with Gasteiger partial charge in [-0.05, 0) is 11.1 Å². The van der Waals surface area contributed by atoms with Crippen LogP contribution in [-0.2, 0) is 16.0 Å². The number of hydrogen-bond acceptors (Lipinski definition) is 5. The Morgan fingerprint density at radius 3 is 2.47 bits per heavy atom. The fraction of sp³-hybridized carbons (Fsp3) is 0.385. The van der Waals surface area contributed by atoms with Gasteiger partial charge in [-0.2, -0.15) is 0 Å². The third-order valence-electron chi connectivity index (χ3n) is 2.54. The molecule has 1 aromatic rings. The van der Waals surface area contributed by atoms with Gasteiger partial charge in [-0.25, -0.2) is 0 Å². The van der Waals surface area contributed by atoms with E-state index in [0.717, 1.165) is 11.8 Å². The number of benzene rings is 1. The molecule has 6 heteroatoms. The van der Waals surface area contributed by atoms with Crippen molar-refractivity contribution < 1.29 is 24.9 Å². The first-order chi connectivity index (χ1) is 8.91. The molecule has 0 aliphatic heterocycles. The summed E-state index contributed by atoms with van der Waals surface area (Å²) in [5.74, 6) is -0.940. The van der Waals surface area contributed by atoms with Crippen LogP contribution in [0.5, 0.6) is 0 Å². The lowest BCUT2D eigenvalue weighted by Crippen LogP contribution is -2.23. The second-order valence-electron chi connectivity index (χ2n) is 4.08. The van der Waals surface area contributed by atoms with E-state index >= 15 is 0 Å². The molecular weight excluding hydrogens is 268 g/mol. The number of aliphatic hydroxyl groups is 2. The maximum Gasteiger partial charge on any atom is 0.307 e. The molecule has 5 nitrogen and oxygen atoms in total. The molecule has 0 radical (unpaired) electrons. The molecule has 19 heavy (non-hydrogen) atoms. The fourth-order valence-corrected chi connectivity index (χ4v) is 2.24.